The van der Waals surface area contributed by atoms with Gasteiger partial charge in [-0.1, -0.05) is 5.22 Å². The van der Waals surface area contributed by atoms with Gasteiger partial charge in [0.05, 0.1) is 28.0 Å². The summed E-state index contributed by atoms with van der Waals surface area (Å²) in [6.07, 6.45) is 0. The standard InChI is InChI=1S/C9H10N4S/c1-6-11-8-5-7(12-13-10-2)3-4-9(8)14-6/h3-5H,1-2H3,(H,10,12). The van der Waals surface area contributed by atoms with Gasteiger partial charge < -0.3 is 0 Å². The molecule has 2 aromatic rings. The summed E-state index contributed by atoms with van der Waals surface area (Å²) < 4.78 is 1.20. The highest BCUT2D eigenvalue weighted by molar-refractivity contribution is 7.18. The molecule has 0 saturated carbocycles. The van der Waals surface area contributed by atoms with Gasteiger partial charge in [-0.2, -0.15) is 5.11 Å². The van der Waals surface area contributed by atoms with E-state index in [0.29, 0.717) is 0 Å². The molecule has 5 heteroatoms. The van der Waals surface area contributed by atoms with Crippen molar-refractivity contribution >= 4 is 27.2 Å². The molecule has 0 atom stereocenters. The Morgan fingerprint density at radius 3 is 3.07 bits per heavy atom. The number of thiazole rings is 1. The van der Waals surface area contributed by atoms with Gasteiger partial charge in [-0.25, -0.2) is 4.98 Å². The van der Waals surface area contributed by atoms with E-state index in [0.717, 1.165) is 16.2 Å². The Bertz CT molecular complexity index is 475. The fourth-order valence-corrected chi connectivity index (χ4v) is 2.03. The first-order valence-corrected chi connectivity index (χ1v) is 5.03. The summed E-state index contributed by atoms with van der Waals surface area (Å²) in [4.78, 5) is 4.39. The zero-order chi connectivity index (χ0) is 9.97. The maximum atomic E-state index is 4.39. The van der Waals surface area contributed by atoms with E-state index in [1.165, 1.54) is 4.70 Å². The molecule has 0 fully saturated rings. The minimum atomic E-state index is 0.911. The van der Waals surface area contributed by atoms with Crippen molar-refractivity contribution in [1.29, 1.82) is 0 Å². The Kier molecular flexibility index (Phi) is 2.41. The lowest BCUT2D eigenvalue weighted by Crippen LogP contribution is -1.85. The fourth-order valence-electron chi connectivity index (χ4n) is 1.22. The topological polar surface area (TPSA) is 49.6 Å². The highest BCUT2D eigenvalue weighted by Gasteiger charge is 2.00. The number of hydrogen-bond acceptors (Lipinski definition) is 4. The summed E-state index contributed by atoms with van der Waals surface area (Å²) in [6, 6.07) is 5.97. The van der Waals surface area contributed by atoms with Crippen molar-refractivity contribution in [3.05, 3.63) is 23.2 Å². The summed E-state index contributed by atoms with van der Waals surface area (Å²) in [5.41, 5.74) is 4.73. The Balaban J connectivity index is 2.40. The third kappa shape index (κ3) is 1.72. The number of rotatable bonds is 2. The number of aryl methyl sites for hydroxylation is 1. The molecule has 2 rings (SSSR count). The number of anilines is 1. The number of hydrogen-bond donors (Lipinski definition) is 1. The van der Waals surface area contributed by atoms with Crippen LogP contribution in [-0.4, -0.2) is 12.0 Å². The summed E-state index contributed by atoms with van der Waals surface area (Å²) in [5.74, 6) is 0. The van der Waals surface area contributed by atoms with Crippen molar-refractivity contribution in [2.45, 2.75) is 6.92 Å². The molecule has 0 aliphatic heterocycles. The molecule has 14 heavy (non-hydrogen) atoms. The van der Waals surface area contributed by atoms with E-state index in [2.05, 4.69) is 20.7 Å². The SMILES string of the molecule is CN=NNc1ccc2sc(C)nc2c1. The fraction of sp³-hybridized carbons (Fsp3) is 0.222. The average molecular weight is 206 g/mol. The monoisotopic (exact) mass is 206 g/mol. The predicted octanol–water partition coefficient (Wildman–Crippen LogP) is 3.01. The Morgan fingerprint density at radius 2 is 2.29 bits per heavy atom. The lowest BCUT2D eigenvalue weighted by Gasteiger charge is -1.96. The van der Waals surface area contributed by atoms with Gasteiger partial charge in [0, 0.05) is 0 Å². The van der Waals surface area contributed by atoms with Gasteiger partial charge in [-0.3, -0.25) is 5.43 Å². The number of aromatic nitrogens is 1. The summed E-state index contributed by atoms with van der Waals surface area (Å²) >= 11 is 1.69. The summed E-state index contributed by atoms with van der Waals surface area (Å²) in [6.45, 7) is 2.00. The van der Waals surface area contributed by atoms with Crippen molar-refractivity contribution in [2.24, 2.45) is 10.3 Å². The van der Waals surface area contributed by atoms with Crippen molar-refractivity contribution in [3.8, 4) is 0 Å². The quantitative estimate of drug-likeness (QED) is 0.606. The molecule has 4 nitrogen and oxygen atoms in total. The molecule has 72 valence electrons. The predicted molar refractivity (Wildman–Crippen MR) is 58.8 cm³/mol. The first-order valence-electron chi connectivity index (χ1n) is 4.21. The van der Waals surface area contributed by atoms with Crippen molar-refractivity contribution in [1.82, 2.24) is 4.98 Å². The molecule has 0 radical (unpaired) electrons. The molecule has 0 amide bonds. The first kappa shape index (κ1) is 9.08. The van der Waals surface area contributed by atoms with Crippen LogP contribution in [0.4, 0.5) is 5.69 Å². The zero-order valence-corrected chi connectivity index (χ0v) is 8.80. The smallest absolute Gasteiger partial charge is 0.0907 e. The molecule has 0 unspecified atom stereocenters. The van der Waals surface area contributed by atoms with Gasteiger partial charge in [-0.05, 0) is 25.1 Å². The number of nitrogens with one attached hydrogen (secondary N) is 1. The van der Waals surface area contributed by atoms with E-state index in [1.807, 2.05) is 25.1 Å². The van der Waals surface area contributed by atoms with E-state index in [1.54, 1.807) is 18.4 Å². The van der Waals surface area contributed by atoms with E-state index >= 15 is 0 Å². The maximum absolute atomic E-state index is 4.39. The van der Waals surface area contributed by atoms with Crippen LogP contribution in [0.15, 0.2) is 28.5 Å². The van der Waals surface area contributed by atoms with Crippen LogP contribution < -0.4 is 5.43 Å². The minimum absolute atomic E-state index is 0.911. The zero-order valence-electron chi connectivity index (χ0n) is 7.98. The first-order chi connectivity index (χ1) is 6.79. The Labute approximate surface area is 85.7 Å². The molecular weight excluding hydrogens is 196 g/mol. The Morgan fingerprint density at radius 1 is 1.43 bits per heavy atom. The van der Waals surface area contributed by atoms with E-state index in [-0.39, 0.29) is 0 Å². The van der Waals surface area contributed by atoms with Gasteiger partial charge in [0.1, 0.15) is 0 Å². The molecule has 1 N–H and O–H groups in total. The van der Waals surface area contributed by atoms with Gasteiger partial charge >= 0.3 is 0 Å². The number of nitrogens with zero attached hydrogens (tertiary/aromatic N) is 3. The van der Waals surface area contributed by atoms with Gasteiger partial charge in [-0.15, -0.1) is 11.3 Å². The normalized spacial score (nSPS) is 11.3. The van der Waals surface area contributed by atoms with Crippen LogP contribution in [0.1, 0.15) is 5.01 Å². The second-order valence-corrected chi connectivity index (χ2v) is 4.06. The van der Waals surface area contributed by atoms with Gasteiger partial charge in [0.2, 0.25) is 0 Å². The molecule has 1 aromatic heterocycles. The van der Waals surface area contributed by atoms with E-state index < -0.39 is 0 Å². The molecule has 0 bridgehead atoms. The van der Waals surface area contributed by atoms with Crippen LogP contribution in [0.2, 0.25) is 0 Å². The molecule has 0 aliphatic carbocycles. The van der Waals surface area contributed by atoms with Crippen molar-refractivity contribution in [2.75, 3.05) is 12.5 Å². The lowest BCUT2D eigenvalue weighted by atomic mass is 10.3. The highest BCUT2D eigenvalue weighted by Crippen LogP contribution is 2.24. The van der Waals surface area contributed by atoms with Crippen LogP contribution >= 0.6 is 11.3 Å². The molecule has 0 saturated heterocycles. The van der Waals surface area contributed by atoms with Gasteiger partial charge in [0.15, 0.2) is 0 Å². The highest BCUT2D eigenvalue weighted by atomic mass is 32.1. The lowest BCUT2D eigenvalue weighted by molar-refractivity contribution is 1.08. The van der Waals surface area contributed by atoms with Crippen LogP contribution in [0, 0.1) is 6.92 Å². The van der Waals surface area contributed by atoms with Crippen molar-refractivity contribution in [3.63, 3.8) is 0 Å². The minimum Gasteiger partial charge on any atom is -0.260 e. The van der Waals surface area contributed by atoms with E-state index in [4.69, 9.17) is 0 Å². The summed E-state index contributed by atoms with van der Waals surface area (Å²) in [7, 11) is 1.62. The van der Waals surface area contributed by atoms with Crippen LogP contribution in [0.3, 0.4) is 0 Å². The van der Waals surface area contributed by atoms with E-state index in [9.17, 15) is 0 Å². The second-order valence-electron chi connectivity index (χ2n) is 2.83. The Hall–Kier alpha value is -1.49. The molecule has 0 spiro atoms. The summed E-state index contributed by atoms with van der Waals surface area (Å²) in [5, 5.41) is 8.40. The largest absolute Gasteiger partial charge is 0.260 e. The van der Waals surface area contributed by atoms with Gasteiger partial charge in [0.25, 0.3) is 0 Å². The van der Waals surface area contributed by atoms with Crippen LogP contribution in [0.25, 0.3) is 10.2 Å². The second kappa shape index (κ2) is 3.71. The third-order valence-corrected chi connectivity index (χ3v) is 2.73. The van der Waals surface area contributed by atoms with Crippen LogP contribution in [-0.2, 0) is 0 Å². The third-order valence-electron chi connectivity index (χ3n) is 1.77. The number of benzene rings is 1. The number of fused-ring (bicyclic) bond motifs is 1. The molecule has 1 aromatic carbocycles. The average Bonchev–Trinajstić information content (AvgIpc) is 2.54. The van der Waals surface area contributed by atoms with Crippen molar-refractivity contribution < 1.29 is 0 Å². The maximum Gasteiger partial charge on any atom is 0.0907 e. The van der Waals surface area contributed by atoms with Crippen LogP contribution in [0.5, 0.6) is 0 Å². The molecule has 1 heterocycles. The molecular formula is C9H10N4S. The molecule has 0 aliphatic rings.